The van der Waals surface area contributed by atoms with Crippen molar-refractivity contribution in [3.8, 4) is 5.75 Å². The van der Waals surface area contributed by atoms with Crippen LogP contribution in [0.5, 0.6) is 5.75 Å². The van der Waals surface area contributed by atoms with E-state index in [0.29, 0.717) is 41.8 Å². The van der Waals surface area contributed by atoms with E-state index in [-0.39, 0.29) is 42.1 Å². The number of morpholine rings is 1. The molecular weight excluding hydrogens is 467 g/mol. The highest BCUT2D eigenvalue weighted by Gasteiger charge is 2.29. The molecule has 1 saturated heterocycles. The van der Waals surface area contributed by atoms with Crippen molar-refractivity contribution in [1.29, 1.82) is 0 Å². The van der Waals surface area contributed by atoms with E-state index in [2.05, 4.69) is 5.32 Å². The predicted octanol–water partition coefficient (Wildman–Crippen LogP) is 3.06. The van der Waals surface area contributed by atoms with Crippen molar-refractivity contribution in [3.05, 3.63) is 51.5 Å². The highest BCUT2D eigenvalue weighted by Crippen LogP contribution is 2.32. The van der Waals surface area contributed by atoms with Crippen LogP contribution in [0.25, 0.3) is 0 Å². The molecular formula is C20H20Cl2N2O6S. The Hall–Kier alpha value is -1.88. The van der Waals surface area contributed by atoms with Gasteiger partial charge in [0.2, 0.25) is 15.9 Å². The number of anilines is 1. The first-order chi connectivity index (χ1) is 14.8. The van der Waals surface area contributed by atoms with Crippen LogP contribution in [0.15, 0.2) is 35.2 Å². The van der Waals surface area contributed by atoms with Gasteiger partial charge >= 0.3 is 0 Å². The maximum atomic E-state index is 13.0. The van der Waals surface area contributed by atoms with Crippen LogP contribution >= 0.6 is 23.2 Å². The van der Waals surface area contributed by atoms with Crippen LogP contribution in [0.2, 0.25) is 10.0 Å². The smallest absolute Gasteiger partial charge is 0.244 e. The molecule has 0 saturated carbocycles. The fourth-order valence-corrected chi connectivity index (χ4v) is 5.64. The van der Waals surface area contributed by atoms with E-state index in [4.69, 9.17) is 37.4 Å². The van der Waals surface area contributed by atoms with Gasteiger partial charge in [0.25, 0.3) is 0 Å². The maximum Gasteiger partial charge on any atom is 0.244 e. The summed E-state index contributed by atoms with van der Waals surface area (Å²) in [6.07, 6.45) is -0.00291. The number of hydrogen-bond donors (Lipinski definition) is 1. The van der Waals surface area contributed by atoms with Gasteiger partial charge in [-0.15, -0.1) is 0 Å². The van der Waals surface area contributed by atoms with Gasteiger partial charge in [-0.05, 0) is 30.3 Å². The summed E-state index contributed by atoms with van der Waals surface area (Å²) in [7, 11) is -3.81. The van der Waals surface area contributed by atoms with Crippen LogP contribution in [-0.4, -0.2) is 51.7 Å². The molecule has 0 unspecified atom stereocenters. The van der Waals surface area contributed by atoms with Crippen molar-refractivity contribution in [2.45, 2.75) is 17.9 Å². The fraction of sp³-hybridized carbons (Fsp3) is 0.350. The molecule has 2 aliphatic rings. The first-order valence-corrected chi connectivity index (χ1v) is 11.7. The molecule has 8 nitrogen and oxygen atoms in total. The second kappa shape index (κ2) is 9.32. The van der Waals surface area contributed by atoms with Crippen LogP contribution in [0.3, 0.4) is 0 Å². The Kier molecular flexibility index (Phi) is 6.71. The van der Waals surface area contributed by atoms with Gasteiger partial charge in [0.15, 0.2) is 6.79 Å². The molecule has 2 heterocycles. The van der Waals surface area contributed by atoms with Gasteiger partial charge in [-0.2, -0.15) is 4.31 Å². The first-order valence-electron chi connectivity index (χ1n) is 9.54. The summed E-state index contributed by atoms with van der Waals surface area (Å²) >= 11 is 12.3. The summed E-state index contributed by atoms with van der Waals surface area (Å²) in [4.78, 5) is 12.6. The lowest BCUT2D eigenvalue weighted by molar-refractivity contribution is -0.115. The lowest BCUT2D eigenvalue weighted by Gasteiger charge is -2.26. The molecule has 1 fully saturated rings. The maximum absolute atomic E-state index is 13.0. The molecule has 0 spiro atoms. The molecule has 0 aromatic heterocycles. The van der Waals surface area contributed by atoms with E-state index < -0.39 is 10.0 Å². The van der Waals surface area contributed by atoms with E-state index in [1.807, 2.05) is 0 Å². The molecule has 1 N–H and O–H groups in total. The van der Waals surface area contributed by atoms with E-state index >= 15 is 0 Å². The number of fused-ring (bicyclic) bond motifs is 1. The second-order valence-electron chi connectivity index (χ2n) is 7.05. The molecule has 4 rings (SSSR count). The number of ether oxygens (including phenoxy) is 3. The number of carbonyl (C=O) groups is 1. The molecule has 0 atom stereocenters. The third kappa shape index (κ3) is 4.97. The zero-order chi connectivity index (χ0) is 22.0. The number of benzene rings is 2. The molecule has 166 valence electrons. The lowest BCUT2D eigenvalue weighted by Crippen LogP contribution is -2.40. The number of rotatable bonds is 5. The zero-order valence-corrected chi connectivity index (χ0v) is 18.7. The number of nitrogens with one attached hydrogen (secondary N) is 1. The van der Waals surface area contributed by atoms with E-state index in [1.165, 1.54) is 16.4 Å². The lowest BCUT2D eigenvalue weighted by atomic mass is 10.1. The summed E-state index contributed by atoms with van der Waals surface area (Å²) in [6.45, 7) is 1.60. The molecule has 2 aromatic carbocycles. The Morgan fingerprint density at radius 2 is 1.87 bits per heavy atom. The van der Waals surface area contributed by atoms with Crippen molar-refractivity contribution in [2.75, 3.05) is 38.4 Å². The van der Waals surface area contributed by atoms with Gasteiger partial charge in [-0.3, -0.25) is 4.79 Å². The average molecular weight is 487 g/mol. The Morgan fingerprint density at radius 3 is 2.65 bits per heavy atom. The first kappa shape index (κ1) is 22.3. The van der Waals surface area contributed by atoms with Crippen LogP contribution < -0.4 is 10.1 Å². The number of sulfonamides is 1. The van der Waals surface area contributed by atoms with E-state index in [9.17, 15) is 13.2 Å². The minimum atomic E-state index is -3.81. The molecule has 11 heteroatoms. The van der Waals surface area contributed by atoms with Gasteiger partial charge in [-0.25, -0.2) is 8.42 Å². The molecule has 0 bridgehead atoms. The minimum Gasteiger partial charge on any atom is -0.467 e. The predicted molar refractivity (Wildman–Crippen MR) is 115 cm³/mol. The molecule has 31 heavy (non-hydrogen) atoms. The van der Waals surface area contributed by atoms with Crippen molar-refractivity contribution in [2.24, 2.45) is 0 Å². The molecule has 2 aromatic rings. The summed E-state index contributed by atoms with van der Waals surface area (Å²) in [6, 6.07) is 7.77. The summed E-state index contributed by atoms with van der Waals surface area (Å²) in [5.41, 5.74) is 1.71. The molecule has 2 aliphatic heterocycles. The third-order valence-electron chi connectivity index (χ3n) is 4.91. The van der Waals surface area contributed by atoms with Crippen LogP contribution in [0.1, 0.15) is 11.1 Å². The van der Waals surface area contributed by atoms with Gasteiger partial charge in [0, 0.05) is 34.9 Å². The SMILES string of the molecule is O=C(Cc1cc(Cl)cc2c1OCOC2)Nc1ccc(Cl)c(S(=O)(=O)N2CCOCC2)c1. The number of hydrogen-bond acceptors (Lipinski definition) is 6. The van der Waals surface area contributed by atoms with Gasteiger partial charge in [0.1, 0.15) is 10.6 Å². The summed E-state index contributed by atoms with van der Waals surface area (Å²) in [5.74, 6) is 0.231. The Bertz CT molecular complexity index is 1100. The molecule has 0 aliphatic carbocycles. The summed E-state index contributed by atoms with van der Waals surface area (Å²) in [5, 5.41) is 3.28. The number of carbonyl (C=O) groups excluding carboxylic acids is 1. The quantitative estimate of drug-likeness (QED) is 0.697. The van der Waals surface area contributed by atoms with Crippen LogP contribution in [0, 0.1) is 0 Å². The van der Waals surface area contributed by atoms with Crippen molar-refractivity contribution in [3.63, 3.8) is 0 Å². The Morgan fingerprint density at radius 1 is 1.10 bits per heavy atom. The van der Waals surface area contributed by atoms with Gasteiger partial charge in [-0.1, -0.05) is 23.2 Å². The van der Waals surface area contributed by atoms with Crippen molar-refractivity contribution < 1.29 is 27.4 Å². The highest BCUT2D eigenvalue weighted by atomic mass is 35.5. The fourth-order valence-electron chi connectivity index (χ4n) is 3.47. The van der Waals surface area contributed by atoms with E-state index in [1.54, 1.807) is 18.2 Å². The topological polar surface area (TPSA) is 94.2 Å². The number of halogens is 2. The van der Waals surface area contributed by atoms with Crippen LogP contribution in [-0.2, 0) is 37.3 Å². The van der Waals surface area contributed by atoms with Gasteiger partial charge < -0.3 is 19.5 Å². The monoisotopic (exact) mass is 486 g/mol. The highest BCUT2D eigenvalue weighted by molar-refractivity contribution is 7.89. The summed E-state index contributed by atoms with van der Waals surface area (Å²) < 4.78 is 43.3. The second-order valence-corrected chi connectivity index (χ2v) is 9.80. The molecule has 0 radical (unpaired) electrons. The largest absolute Gasteiger partial charge is 0.467 e. The Labute approximate surface area is 190 Å². The van der Waals surface area contributed by atoms with Crippen molar-refractivity contribution >= 4 is 44.8 Å². The Balaban J connectivity index is 1.53. The number of nitrogens with zero attached hydrogens (tertiary/aromatic N) is 1. The van der Waals surface area contributed by atoms with Gasteiger partial charge in [0.05, 0.1) is 31.3 Å². The normalized spacial score (nSPS) is 17.0. The third-order valence-corrected chi connectivity index (χ3v) is 7.50. The van der Waals surface area contributed by atoms with Crippen LogP contribution in [0.4, 0.5) is 5.69 Å². The molecule has 1 amide bonds. The standard InChI is InChI=1S/C20H20Cl2N2O6S/c21-15-7-13(20-14(8-15)11-29-12-30-20)9-19(25)23-16-1-2-17(22)18(10-16)31(26,27)24-3-5-28-6-4-24/h1-2,7-8,10H,3-6,9,11-12H2,(H,23,25). The van der Waals surface area contributed by atoms with Crippen molar-refractivity contribution in [1.82, 2.24) is 4.31 Å². The zero-order valence-electron chi connectivity index (χ0n) is 16.4. The average Bonchev–Trinajstić information content (AvgIpc) is 2.75. The minimum absolute atomic E-state index is 0.00291. The van der Waals surface area contributed by atoms with E-state index in [0.717, 1.165) is 5.56 Å². The number of amides is 1.